The second-order valence-electron chi connectivity index (χ2n) is 15.0. The van der Waals surface area contributed by atoms with Crippen molar-refractivity contribution in [3.63, 3.8) is 0 Å². The van der Waals surface area contributed by atoms with Crippen molar-refractivity contribution in [3.05, 3.63) is 0 Å². The number of unbranched alkanes of at least 4 members (excludes halogenated alkanes) is 26. The van der Waals surface area contributed by atoms with Crippen molar-refractivity contribution >= 4 is 27.6 Å². The van der Waals surface area contributed by atoms with Crippen molar-refractivity contribution in [2.75, 3.05) is 26.4 Å². The minimum Gasteiger partial charge on any atom is -0.462 e. The lowest BCUT2D eigenvalue weighted by molar-refractivity contribution is -0.161. The predicted molar refractivity (Wildman–Crippen MR) is 216 cm³/mol. The summed E-state index contributed by atoms with van der Waals surface area (Å²) in [6.45, 7) is 1.79. The van der Waals surface area contributed by atoms with Crippen molar-refractivity contribution < 1.29 is 61.6 Å². The summed E-state index contributed by atoms with van der Waals surface area (Å²) in [6.07, 6.45) is 30.9. The molecule has 4 N–H and O–H groups in total. The van der Waals surface area contributed by atoms with Crippen molar-refractivity contribution in [2.45, 2.75) is 219 Å². The van der Waals surface area contributed by atoms with E-state index < -0.39 is 59.6 Å². The summed E-state index contributed by atoms with van der Waals surface area (Å²) < 4.78 is 47.7. The second-order valence-corrected chi connectivity index (χ2v) is 17.7. The number of rotatable bonds is 42. The Morgan fingerprint density at radius 1 is 0.455 bits per heavy atom. The van der Waals surface area contributed by atoms with E-state index in [1.54, 1.807) is 0 Å². The molecule has 0 saturated heterocycles. The SMILES string of the molecule is CCCCCCCCCCCCCCCCCC(=O)O[C@H](COC(=O)CCCCCCCCCCCCCCC)COP(=O)(O)OC[C@@H](O)COP(=O)(O)O. The van der Waals surface area contributed by atoms with Crippen LogP contribution in [-0.4, -0.2) is 70.4 Å². The molecule has 3 atom stereocenters. The van der Waals surface area contributed by atoms with Gasteiger partial charge in [-0.25, -0.2) is 9.13 Å². The summed E-state index contributed by atoms with van der Waals surface area (Å²) in [5, 5.41) is 9.73. The normalized spacial score (nSPS) is 14.1. The first-order valence-electron chi connectivity index (χ1n) is 21.7. The van der Waals surface area contributed by atoms with Crippen LogP contribution in [-0.2, 0) is 41.8 Å². The van der Waals surface area contributed by atoms with Gasteiger partial charge in [0.15, 0.2) is 6.10 Å². The maximum atomic E-state index is 12.6. The van der Waals surface area contributed by atoms with Gasteiger partial charge < -0.3 is 29.3 Å². The molecule has 0 aromatic heterocycles. The van der Waals surface area contributed by atoms with Crippen LogP contribution >= 0.6 is 15.6 Å². The van der Waals surface area contributed by atoms with Gasteiger partial charge in [0.05, 0.1) is 19.8 Å². The van der Waals surface area contributed by atoms with E-state index in [1.165, 1.54) is 128 Å². The highest BCUT2D eigenvalue weighted by Gasteiger charge is 2.28. The minimum absolute atomic E-state index is 0.140. The summed E-state index contributed by atoms with van der Waals surface area (Å²) in [5.41, 5.74) is 0. The molecule has 0 radical (unpaired) electrons. The number of hydrogen-bond acceptors (Lipinski definition) is 10. The van der Waals surface area contributed by atoms with Gasteiger partial charge in [-0.05, 0) is 12.8 Å². The Balaban J connectivity index is 4.48. The highest BCUT2D eigenvalue weighted by molar-refractivity contribution is 7.47. The van der Waals surface area contributed by atoms with Crippen LogP contribution in [0.15, 0.2) is 0 Å². The molecule has 0 aliphatic carbocycles. The zero-order valence-electron chi connectivity index (χ0n) is 34.6. The van der Waals surface area contributed by atoms with E-state index in [0.717, 1.165) is 38.5 Å². The fraction of sp³-hybridized carbons (Fsp3) is 0.950. The van der Waals surface area contributed by atoms with Gasteiger partial charge in [0.25, 0.3) is 0 Å². The maximum Gasteiger partial charge on any atom is 0.472 e. The Labute approximate surface area is 333 Å². The van der Waals surface area contributed by atoms with Crippen LogP contribution in [0, 0.1) is 0 Å². The van der Waals surface area contributed by atoms with E-state index in [9.17, 15) is 28.7 Å². The lowest BCUT2D eigenvalue weighted by Crippen LogP contribution is -2.30. The highest BCUT2D eigenvalue weighted by atomic mass is 31.2. The largest absolute Gasteiger partial charge is 0.472 e. The Hall–Kier alpha value is -0.880. The number of hydrogen-bond donors (Lipinski definition) is 4. The van der Waals surface area contributed by atoms with Crippen LogP contribution in [0.25, 0.3) is 0 Å². The molecular formula is C40H80O13P2. The Bertz CT molecular complexity index is 994. The molecule has 0 heterocycles. The van der Waals surface area contributed by atoms with Gasteiger partial charge in [-0.1, -0.05) is 181 Å². The summed E-state index contributed by atoms with van der Waals surface area (Å²) in [6, 6.07) is 0. The standard InChI is InChI=1S/C40H80O13P2/c1-3-5-7-9-11-13-15-17-18-20-22-24-26-28-30-32-40(43)53-38(36-52-55(47,48)51-34-37(41)33-50-54(44,45)46)35-49-39(42)31-29-27-25-23-21-19-16-14-12-10-8-6-4-2/h37-38,41H,3-36H2,1-2H3,(H,47,48)(H2,44,45,46)/t37-,38+/m0/s1. The zero-order valence-corrected chi connectivity index (χ0v) is 36.3. The van der Waals surface area contributed by atoms with Gasteiger partial charge >= 0.3 is 27.6 Å². The molecule has 0 aliphatic heterocycles. The summed E-state index contributed by atoms with van der Waals surface area (Å²) in [7, 11) is -9.65. The molecule has 0 aromatic carbocycles. The average molecular weight is 831 g/mol. The lowest BCUT2D eigenvalue weighted by atomic mass is 10.0. The predicted octanol–water partition coefficient (Wildman–Crippen LogP) is 10.8. The molecule has 1 unspecified atom stereocenters. The van der Waals surface area contributed by atoms with Crippen LogP contribution in [0.2, 0.25) is 0 Å². The molecule has 328 valence electrons. The number of ether oxygens (including phenoxy) is 2. The van der Waals surface area contributed by atoms with Crippen LogP contribution in [0.5, 0.6) is 0 Å². The molecule has 0 fully saturated rings. The molecule has 0 aliphatic rings. The van der Waals surface area contributed by atoms with Gasteiger partial charge in [-0.15, -0.1) is 0 Å². The van der Waals surface area contributed by atoms with E-state index in [1.807, 2.05) is 0 Å². The topological polar surface area (TPSA) is 195 Å². The quantitative estimate of drug-likeness (QED) is 0.0258. The molecule has 15 heteroatoms. The summed E-state index contributed by atoms with van der Waals surface area (Å²) >= 11 is 0. The zero-order chi connectivity index (χ0) is 40.9. The Kier molecular flexibility index (Phi) is 36.8. The van der Waals surface area contributed by atoms with E-state index >= 15 is 0 Å². The Morgan fingerprint density at radius 3 is 1.16 bits per heavy atom. The molecular weight excluding hydrogens is 750 g/mol. The highest BCUT2D eigenvalue weighted by Crippen LogP contribution is 2.43. The second kappa shape index (κ2) is 37.4. The number of phosphoric ester groups is 2. The number of carbonyl (C=O) groups is 2. The lowest BCUT2D eigenvalue weighted by Gasteiger charge is -2.20. The first-order valence-corrected chi connectivity index (χ1v) is 24.8. The smallest absolute Gasteiger partial charge is 0.462 e. The first-order chi connectivity index (χ1) is 26.4. The van der Waals surface area contributed by atoms with Gasteiger partial charge in [0, 0.05) is 12.8 Å². The number of aliphatic hydroxyl groups excluding tert-OH is 1. The van der Waals surface area contributed by atoms with E-state index in [2.05, 4.69) is 22.9 Å². The van der Waals surface area contributed by atoms with Gasteiger partial charge in [0.2, 0.25) is 0 Å². The molecule has 55 heavy (non-hydrogen) atoms. The van der Waals surface area contributed by atoms with Crippen molar-refractivity contribution in [2.24, 2.45) is 0 Å². The van der Waals surface area contributed by atoms with Crippen molar-refractivity contribution in [1.29, 1.82) is 0 Å². The number of esters is 2. The summed E-state index contributed by atoms with van der Waals surface area (Å²) in [4.78, 5) is 52.6. The van der Waals surface area contributed by atoms with E-state index in [4.69, 9.17) is 23.8 Å². The minimum atomic E-state index is -4.85. The Morgan fingerprint density at radius 2 is 0.782 bits per heavy atom. The molecule has 0 spiro atoms. The van der Waals surface area contributed by atoms with E-state index in [-0.39, 0.29) is 19.4 Å². The molecule has 13 nitrogen and oxygen atoms in total. The third kappa shape index (κ3) is 41.1. The van der Waals surface area contributed by atoms with Crippen LogP contribution in [0.1, 0.15) is 206 Å². The maximum absolute atomic E-state index is 12.6. The molecule has 0 amide bonds. The fourth-order valence-corrected chi connectivity index (χ4v) is 7.33. The molecule has 0 bridgehead atoms. The van der Waals surface area contributed by atoms with Crippen LogP contribution < -0.4 is 0 Å². The average Bonchev–Trinajstić information content (AvgIpc) is 3.14. The number of phosphoric acid groups is 2. The third-order valence-corrected chi connectivity index (χ3v) is 10.9. The fourth-order valence-electron chi connectivity index (χ4n) is 6.17. The monoisotopic (exact) mass is 831 g/mol. The van der Waals surface area contributed by atoms with Gasteiger partial charge in [-0.3, -0.25) is 23.2 Å². The van der Waals surface area contributed by atoms with Gasteiger partial charge in [0.1, 0.15) is 12.7 Å². The van der Waals surface area contributed by atoms with Gasteiger partial charge in [-0.2, -0.15) is 0 Å². The molecule has 0 saturated carbocycles. The number of aliphatic hydroxyl groups is 1. The van der Waals surface area contributed by atoms with E-state index in [0.29, 0.717) is 12.8 Å². The van der Waals surface area contributed by atoms with Crippen LogP contribution in [0.4, 0.5) is 0 Å². The first kappa shape index (κ1) is 54.1. The van der Waals surface area contributed by atoms with Crippen LogP contribution in [0.3, 0.4) is 0 Å². The van der Waals surface area contributed by atoms with Crippen molar-refractivity contribution in [3.8, 4) is 0 Å². The summed E-state index contributed by atoms with van der Waals surface area (Å²) in [5.74, 6) is -1.02. The molecule has 0 rings (SSSR count). The molecule has 0 aromatic rings. The third-order valence-electron chi connectivity index (χ3n) is 9.49. The van der Waals surface area contributed by atoms with Crippen molar-refractivity contribution in [1.82, 2.24) is 0 Å². The number of carbonyl (C=O) groups excluding carboxylic acids is 2.